The smallest absolute Gasteiger partial charge is 0.406 e. The lowest BCUT2D eigenvalue weighted by Crippen LogP contribution is -2.49. The summed E-state index contributed by atoms with van der Waals surface area (Å²) in [5, 5.41) is 0. The molecular weight excluding hydrogens is 362 g/mol. The van der Waals surface area contributed by atoms with Crippen molar-refractivity contribution in [3.05, 3.63) is 59.8 Å². The maximum atomic E-state index is 13.1. The minimum Gasteiger partial charge on any atom is -0.406 e. The lowest BCUT2D eigenvalue weighted by atomic mass is 10.1. The quantitative estimate of drug-likeness (QED) is 0.268. The number of allylic oxidation sites excluding steroid dienone is 6. The average Bonchev–Trinajstić information content (AvgIpc) is 2.82. The van der Waals surface area contributed by atoms with E-state index in [1.54, 1.807) is 13.0 Å². The Morgan fingerprint density at radius 2 is 1.88 bits per heavy atom. The molecule has 0 saturated heterocycles. The number of quaternary nitrogens is 1. The molecule has 2 aliphatic rings. The van der Waals surface area contributed by atoms with Gasteiger partial charge >= 0.3 is 18.4 Å². The predicted octanol–water partition coefficient (Wildman–Crippen LogP) is 5.48. The molecule has 1 atom stereocenters. The summed E-state index contributed by atoms with van der Waals surface area (Å²) in [4.78, 5) is 3.46. The van der Waals surface area contributed by atoms with E-state index < -0.39 is 22.9 Å². The predicted molar refractivity (Wildman–Crippen MR) is 84.3 cm³/mol. The Hall–Kier alpha value is -2.29. The van der Waals surface area contributed by atoms with Crippen LogP contribution in [0.4, 0.5) is 26.3 Å². The molecule has 2 heterocycles. The van der Waals surface area contributed by atoms with Crippen LogP contribution < -0.4 is 0 Å². The van der Waals surface area contributed by atoms with Gasteiger partial charge in [0, 0.05) is 11.6 Å². The molecule has 2 aliphatic heterocycles. The van der Waals surface area contributed by atoms with Crippen LogP contribution in [-0.4, -0.2) is 29.9 Å². The Morgan fingerprint density at radius 1 is 1.19 bits per heavy atom. The van der Waals surface area contributed by atoms with Gasteiger partial charge < -0.3 is 4.74 Å². The molecule has 142 valence electrons. The maximum absolute atomic E-state index is 13.1. The normalized spacial score (nSPS) is 23.7. The Labute approximate surface area is 146 Å². The topological polar surface area (TPSA) is 21.6 Å². The first-order valence-corrected chi connectivity index (χ1v) is 7.70. The zero-order valence-electron chi connectivity index (χ0n) is 14.0. The van der Waals surface area contributed by atoms with E-state index in [1.807, 2.05) is 0 Å². The van der Waals surface area contributed by atoms with Crippen LogP contribution in [0.25, 0.3) is 0 Å². The molecule has 0 radical (unpaired) electrons. The fourth-order valence-corrected chi connectivity index (χ4v) is 2.64. The monoisotopic (exact) mass is 379 g/mol. The van der Waals surface area contributed by atoms with Crippen LogP contribution in [0.2, 0.25) is 0 Å². The molecule has 9 heteroatoms. The highest BCUT2D eigenvalue weighted by Gasteiger charge is 2.53. The molecule has 0 aliphatic carbocycles. The number of fused-ring (bicyclic) bond motifs is 1. The summed E-state index contributed by atoms with van der Waals surface area (Å²) >= 11 is 0. The largest absolute Gasteiger partial charge is 0.573 e. The fourth-order valence-electron chi connectivity index (χ4n) is 2.64. The Bertz CT molecular complexity index is 737. The summed E-state index contributed by atoms with van der Waals surface area (Å²) in [6, 6.07) is 0. The standard InChI is InChI=1S/C17H17F6N2O/c1-3-5-14(26-17(21,22)23)7-4-6-12-8-9-13-10-24-15(16(18,19)20)25(13,2)11-12/h4-5,7-11H,3,6H2,1-2H3/q+1. The summed E-state index contributed by atoms with van der Waals surface area (Å²) < 4.78 is 79.6. The zero-order valence-corrected chi connectivity index (χ0v) is 14.0. The minimum absolute atomic E-state index is 0.144. The number of likely N-dealkylation sites (N-methyl/N-ethyl adjacent to an activating group) is 1. The molecule has 0 aromatic heterocycles. The third-order valence-electron chi connectivity index (χ3n) is 3.72. The number of halogens is 6. The molecule has 3 nitrogen and oxygen atoms in total. The molecule has 26 heavy (non-hydrogen) atoms. The number of amidine groups is 1. The summed E-state index contributed by atoms with van der Waals surface area (Å²) in [5.41, 5.74) is 0.875. The van der Waals surface area contributed by atoms with Crippen LogP contribution in [0.1, 0.15) is 19.8 Å². The second-order valence-corrected chi connectivity index (χ2v) is 5.79. The first-order valence-electron chi connectivity index (χ1n) is 7.70. The number of nitrogens with zero attached hydrogens (tertiary/aromatic N) is 2. The molecule has 0 bridgehead atoms. The van der Waals surface area contributed by atoms with Crippen molar-refractivity contribution < 1.29 is 35.6 Å². The van der Waals surface area contributed by atoms with E-state index in [1.165, 1.54) is 31.5 Å². The molecule has 0 spiro atoms. The number of rotatable bonds is 5. The Balaban J connectivity index is 2.14. The molecular formula is C17H17F6N2O+. The van der Waals surface area contributed by atoms with Gasteiger partial charge in [0.1, 0.15) is 12.0 Å². The van der Waals surface area contributed by atoms with Gasteiger partial charge in [-0.15, -0.1) is 13.2 Å². The summed E-state index contributed by atoms with van der Waals surface area (Å²) in [6.07, 6.45) is 0.569. The lowest BCUT2D eigenvalue weighted by molar-refractivity contribution is -0.725. The molecule has 1 unspecified atom stereocenters. The van der Waals surface area contributed by atoms with Gasteiger partial charge in [0.25, 0.3) is 0 Å². The van der Waals surface area contributed by atoms with Crippen molar-refractivity contribution in [2.75, 3.05) is 7.05 Å². The minimum atomic E-state index is -4.80. The number of alkyl halides is 6. The van der Waals surface area contributed by atoms with Gasteiger partial charge in [-0.2, -0.15) is 18.2 Å². The molecule has 0 fully saturated rings. The van der Waals surface area contributed by atoms with Crippen molar-refractivity contribution in [3.63, 3.8) is 0 Å². The highest BCUT2D eigenvalue weighted by atomic mass is 19.4. The van der Waals surface area contributed by atoms with Crippen molar-refractivity contribution in [1.82, 2.24) is 0 Å². The van der Waals surface area contributed by atoms with Crippen LogP contribution in [-0.2, 0) is 4.74 Å². The molecule has 0 aromatic rings. The van der Waals surface area contributed by atoms with Crippen molar-refractivity contribution in [1.29, 1.82) is 0 Å². The SMILES string of the molecule is CCC=C(C=CCC1=C[N+]2(C)C(=CN=C2C(F)(F)F)C=C1)OC(F)(F)F. The second kappa shape index (κ2) is 7.14. The van der Waals surface area contributed by atoms with Crippen LogP contribution >= 0.6 is 0 Å². The highest BCUT2D eigenvalue weighted by Crippen LogP contribution is 2.37. The number of hydrogen-bond donors (Lipinski definition) is 0. The van der Waals surface area contributed by atoms with Gasteiger partial charge in [-0.1, -0.05) is 13.0 Å². The van der Waals surface area contributed by atoms with Gasteiger partial charge in [-0.25, -0.2) is 4.48 Å². The third kappa shape index (κ3) is 4.66. The highest BCUT2D eigenvalue weighted by molar-refractivity contribution is 5.85. The first-order chi connectivity index (χ1) is 12.0. The summed E-state index contributed by atoms with van der Waals surface area (Å²) in [5.74, 6) is -1.33. The number of ether oxygens (including phenoxy) is 1. The van der Waals surface area contributed by atoms with E-state index in [4.69, 9.17) is 0 Å². The van der Waals surface area contributed by atoms with E-state index in [0.717, 1.165) is 12.3 Å². The van der Waals surface area contributed by atoms with Crippen molar-refractivity contribution in [2.45, 2.75) is 32.3 Å². The summed E-state index contributed by atoms with van der Waals surface area (Å²) in [6.45, 7) is 1.66. The van der Waals surface area contributed by atoms with Crippen LogP contribution in [0.5, 0.6) is 0 Å². The number of hydrogen-bond acceptors (Lipinski definition) is 2. The zero-order chi connectivity index (χ0) is 19.6. The van der Waals surface area contributed by atoms with E-state index in [0.29, 0.717) is 17.7 Å². The van der Waals surface area contributed by atoms with E-state index >= 15 is 0 Å². The number of aliphatic imine (C=N–C) groups is 1. The van der Waals surface area contributed by atoms with Gasteiger partial charge in [0.15, 0.2) is 5.70 Å². The Morgan fingerprint density at radius 3 is 2.46 bits per heavy atom. The van der Waals surface area contributed by atoms with E-state index in [9.17, 15) is 26.3 Å². The van der Waals surface area contributed by atoms with Crippen molar-refractivity contribution in [2.24, 2.45) is 4.99 Å². The van der Waals surface area contributed by atoms with Crippen molar-refractivity contribution in [3.8, 4) is 0 Å². The van der Waals surface area contributed by atoms with Gasteiger partial charge in [-0.05, 0) is 31.1 Å². The third-order valence-corrected chi connectivity index (χ3v) is 3.72. The van der Waals surface area contributed by atoms with Crippen LogP contribution in [0.15, 0.2) is 64.8 Å². The first kappa shape index (κ1) is 20.0. The van der Waals surface area contributed by atoms with Crippen LogP contribution in [0.3, 0.4) is 0 Å². The Kier molecular flexibility index (Phi) is 5.50. The van der Waals surface area contributed by atoms with Gasteiger partial charge in [-0.3, -0.25) is 0 Å². The second-order valence-electron chi connectivity index (χ2n) is 5.79. The molecule has 0 amide bonds. The average molecular weight is 379 g/mol. The van der Waals surface area contributed by atoms with Gasteiger partial charge in [0.2, 0.25) is 0 Å². The summed E-state index contributed by atoms with van der Waals surface area (Å²) in [7, 11) is 1.35. The van der Waals surface area contributed by atoms with Crippen LogP contribution in [0, 0.1) is 0 Å². The fraction of sp³-hybridized carbons (Fsp3) is 0.353. The maximum Gasteiger partial charge on any atom is 0.573 e. The molecule has 0 aromatic carbocycles. The van der Waals surface area contributed by atoms with E-state index in [2.05, 4.69) is 9.73 Å². The molecule has 2 rings (SSSR count). The van der Waals surface area contributed by atoms with E-state index in [-0.39, 0.29) is 12.2 Å². The lowest BCUT2D eigenvalue weighted by Gasteiger charge is -2.30. The van der Waals surface area contributed by atoms with Crippen molar-refractivity contribution >= 4 is 5.84 Å². The molecule has 0 saturated carbocycles. The molecule has 0 N–H and O–H groups in total. The van der Waals surface area contributed by atoms with Gasteiger partial charge in [0.05, 0.1) is 13.2 Å².